The lowest BCUT2D eigenvalue weighted by Gasteiger charge is -2.32. The molecular weight excluding hydrogens is 234 g/mol. The van der Waals surface area contributed by atoms with E-state index in [9.17, 15) is 0 Å². The summed E-state index contributed by atoms with van der Waals surface area (Å²) in [6.07, 6.45) is 2.39. The summed E-state index contributed by atoms with van der Waals surface area (Å²) in [6.45, 7) is 2.80. The van der Waals surface area contributed by atoms with E-state index in [4.69, 9.17) is 16.3 Å². The Labute approximate surface area is 98.5 Å². The molecule has 1 aromatic heterocycles. The lowest BCUT2D eigenvalue weighted by Crippen LogP contribution is -2.37. The van der Waals surface area contributed by atoms with Gasteiger partial charge in [-0.3, -0.25) is 0 Å². The zero-order valence-electron chi connectivity index (χ0n) is 8.65. The summed E-state index contributed by atoms with van der Waals surface area (Å²) < 4.78 is 13.4. The summed E-state index contributed by atoms with van der Waals surface area (Å²) in [5.41, 5.74) is 0. The first kappa shape index (κ1) is 11.1. The lowest BCUT2D eigenvalue weighted by molar-refractivity contribution is 0.143. The van der Waals surface area contributed by atoms with Crippen LogP contribution in [-0.2, 0) is 4.74 Å². The minimum absolute atomic E-state index is 0.526. The van der Waals surface area contributed by atoms with Gasteiger partial charge in [0.1, 0.15) is 0 Å². The van der Waals surface area contributed by atoms with Gasteiger partial charge in [-0.2, -0.15) is 8.75 Å². The van der Waals surface area contributed by atoms with Crippen molar-refractivity contribution in [1.82, 2.24) is 8.75 Å². The van der Waals surface area contributed by atoms with Gasteiger partial charge in [0.05, 0.1) is 18.3 Å². The molecule has 0 aliphatic carbocycles. The molecule has 1 aromatic rings. The van der Waals surface area contributed by atoms with Crippen molar-refractivity contribution in [3.8, 4) is 0 Å². The number of aromatic nitrogens is 2. The van der Waals surface area contributed by atoms with E-state index in [1.807, 2.05) is 0 Å². The fourth-order valence-corrected chi connectivity index (χ4v) is 2.77. The molecule has 1 saturated heterocycles. The summed E-state index contributed by atoms with van der Waals surface area (Å²) in [4.78, 5) is 2.21. The van der Waals surface area contributed by atoms with Crippen LogP contribution in [0.15, 0.2) is 0 Å². The molecule has 0 radical (unpaired) electrons. The number of nitrogens with zero attached hydrogens (tertiary/aromatic N) is 3. The van der Waals surface area contributed by atoms with Gasteiger partial charge in [-0.1, -0.05) is 11.6 Å². The predicted octanol–water partition coefficient (Wildman–Crippen LogP) is 2.05. The fraction of sp³-hybridized carbons (Fsp3) is 0.778. The highest BCUT2D eigenvalue weighted by molar-refractivity contribution is 6.99. The maximum Gasteiger partial charge on any atom is 0.187 e. The number of halogens is 1. The Balaban J connectivity index is 2.01. The zero-order chi connectivity index (χ0) is 10.7. The van der Waals surface area contributed by atoms with Gasteiger partial charge < -0.3 is 9.64 Å². The Hall–Kier alpha value is -0.390. The number of methoxy groups -OCH3 is 1. The van der Waals surface area contributed by atoms with Crippen LogP contribution in [0.1, 0.15) is 12.8 Å². The number of hydrogen-bond donors (Lipinski definition) is 0. The largest absolute Gasteiger partial charge is 0.384 e. The summed E-state index contributed by atoms with van der Waals surface area (Å²) in [7, 11) is 1.75. The van der Waals surface area contributed by atoms with Crippen LogP contribution in [0, 0.1) is 5.92 Å². The maximum absolute atomic E-state index is 5.96. The van der Waals surface area contributed by atoms with E-state index in [2.05, 4.69) is 13.6 Å². The van der Waals surface area contributed by atoms with Gasteiger partial charge in [0.2, 0.25) is 0 Å². The Kier molecular flexibility index (Phi) is 3.77. The predicted molar refractivity (Wildman–Crippen MR) is 61.7 cm³/mol. The second kappa shape index (κ2) is 5.09. The molecule has 0 spiro atoms. The molecule has 0 bridgehead atoms. The van der Waals surface area contributed by atoms with Crippen LogP contribution < -0.4 is 4.90 Å². The third kappa shape index (κ3) is 2.59. The Morgan fingerprint density at radius 1 is 1.60 bits per heavy atom. The van der Waals surface area contributed by atoms with Crippen LogP contribution in [0.25, 0.3) is 0 Å². The number of ether oxygens (including phenoxy) is 1. The first-order valence-electron chi connectivity index (χ1n) is 5.03. The van der Waals surface area contributed by atoms with Crippen LogP contribution in [0.2, 0.25) is 5.15 Å². The van der Waals surface area contributed by atoms with Gasteiger partial charge in [-0.25, -0.2) is 0 Å². The molecule has 1 aliphatic rings. The SMILES string of the molecule is COCC1CCCN(c2nsnc2Cl)C1. The first-order chi connectivity index (χ1) is 7.31. The molecule has 1 unspecified atom stereocenters. The minimum atomic E-state index is 0.526. The molecule has 1 atom stereocenters. The van der Waals surface area contributed by atoms with Gasteiger partial charge in [0, 0.05) is 20.2 Å². The smallest absolute Gasteiger partial charge is 0.187 e. The quantitative estimate of drug-likeness (QED) is 0.820. The second-order valence-corrected chi connectivity index (χ2v) is 4.67. The molecule has 0 aromatic carbocycles. The van der Waals surface area contributed by atoms with Crippen molar-refractivity contribution in [2.75, 3.05) is 31.7 Å². The van der Waals surface area contributed by atoms with Crippen LogP contribution in [0.4, 0.5) is 5.82 Å². The van der Waals surface area contributed by atoms with Crippen LogP contribution in [-0.4, -0.2) is 35.6 Å². The second-order valence-electron chi connectivity index (χ2n) is 3.79. The highest BCUT2D eigenvalue weighted by Gasteiger charge is 2.23. The molecule has 15 heavy (non-hydrogen) atoms. The Bertz CT molecular complexity index is 318. The molecule has 1 aliphatic heterocycles. The topological polar surface area (TPSA) is 38.2 Å². The maximum atomic E-state index is 5.96. The zero-order valence-corrected chi connectivity index (χ0v) is 10.2. The van der Waals surface area contributed by atoms with Crippen molar-refractivity contribution in [1.29, 1.82) is 0 Å². The average molecular weight is 248 g/mol. The van der Waals surface area contributed by atoms with E-state index in [1.54, 1.807) is 7.11 Å². The van der Waals surface area contributed by atoms with Gasteiger partial charge in [0.25, 0.3) is 0 Å². The Morgan fingerprint density at radius 3 is 3.13 bits per heavy atom. The summed E-state index contributed by atoms with van der Waals surface area (Å²) in [5.74, 6) is 1.42. The van der Waals surface area contributed by atoms with Crippen molar-refractivity contribution >= 4 is 29.1 Å². The number of rotatable bonds is 3. The molecule has 2 heterocycles. The number of anilines is 1. The van der Waals surface area contributed by atoms with Crippen molar-refractivity contribution in [2.45, 2.75) is 12.8 Å². The standard InChI is InChI=1S/C9H14ClN3OS/c1-14-6-7-3-2-4-13(5-7)9-8(10)11-15-12-9/h7H,2-6H2,1H3. The summed E-state index contributed by atoms with van der Waals surface area (Å²) in [5, 5.41) is 0.526. The van der Waals surface area contributed by atoms with Crippen molar-refractivity contribution in [2.24, 2.45) is 5.92 Å². The number of hydrogen-bond acceptors (Lipinski definition) is 5. The molecular formula is C9H14ClN3OS. The third-order valence-corrected chi connectivity index (χ3v) is 3.53. The fourth-order valence-electron chi connectivity index (χ4n) is 1.99. The third-order valence-electron chi connectivity index (χ3n) is 2.65. The van der Waals surface area contributed by atoms with Gasteiger partial charge in [0.15, 0.2) is 11.0 Å². The lowest BCUT2D eigenvalue weighted by atomic mass is 9.99. The molecule has 0 N–H and O–H groups in total. The van der Waals surface area contributed by atoms with E-state index in [1.165, 1.54) is 24.6 Å². The highest BCUT2D eigenvalue weighted by Crippen LogP contribution is 2.27. The minimum Gasteiger partial charge on any atom is -0.384 e. The molecule has 84 valence electrons. The molecule has 0 saturated carbocycles. The summed E-state index contributed by atoms with van der Waals surface area (Å²) >= 11 is 7.13. The first-order valence-corrected chi connectivity index (χ1v) is 6.14. The summed E-state index contributed by atoms with van der Waals surface area (Å²) in [6, 6.07) is 0. The van der Waals surface area contributed by atoms with E-state index in [-0.39, 0.29) is 0 Å². The Morgan fingerprint density at radius 2 is 2.47 bits per heavy atom. The van der Waals surface area contributed by atoms with Crippen molar-refractivity contribution in [3.63, 3.8) is 0 Å². The molecule has 2 rings (SSSR count). The molecule has 0 amide bonds. The molecule has 6 heteroatoms. The molecule has 4 nitrogen and oxygen atoms in total. The van der Waals surface area contributed by atoms with E-state index in [0.29, 0.717) is 11.1 Å². The van der Waals surface area contributed by atoms with E-state index < -0.39 is 0 Å². The monoisotopic (exact) mass is 247 g/mol. The molecule has 1 fully saturated rings. The van der Waals surface area contributed by atoms with E-state index >= 15 is 0 Å². The average Bonchev–Trinajstić information content (AvgIpc) is 2.65. The van der Waals surface area contributed by atoms with Gasteiger partial charge in [-0.15, -0.1) is 0 Å². The van der Waals surface area contributed by atoms with Crippen LogP contribution in [0.3, 0.4) is 0 Å². The van der Waals surface area contributed by atoms with Crippen LogP contribution in [0.5, 0.6) is 0 Å². The van der Waals surface area contributed by atoms with Crippen LogP contribution >= 0.6 is 23.3 Å². The van der Waals surface area contributed by atoms with Crippen molar-refractivity contribution < 1.29 is 4.74 Å². The van der Waals surface area contributed by atoms with Gasteiger partial charge >= 0.3 is 0 Å². The highest BCUT2D eigenvalue weighted by atomic mass is 35.5. The van der Waals surface area contributed by atoms with E-state index in [0.717, 1.165) is 25.5 Å². The van der Waals surface area contributed by atoms with Crippen molar-refractivity contribution in [3.05, 3.63) is 5.15 Å². The number of piperidine rings is 1. The normalized spacial score (nSPS) is 22.0. The van der Waals surface area contributed by atoms with Gasteiger partial charge in [-0.05, 0) is 18.8 Å².